The average molecular weight is 257 g/mol. The fraction of sp³-hybridized carbons (Fsp3) is 0.818. The van der Waals surface area contributed by atoms with Crippen LogP contribution in [-0.4, -0.2) is 29.2 Å². The minimum Gasteiger partial charge on any atom is -0.250 e. The molecule has 0 amide bonds. The van der Waals surface area contributed by atoms with Crippen LogP contribution in [0.2, 0.25) is 0 Å². The highest BCUT2D eigenvalue weighted by atomic mass is 32.2. The fourth-order valence-corrected chi connectivity index (χ4v) is 3.10. The normalized spacial score (nSPS) is 16.6. The summed E-state index contributed by atoms with van der Waals surface area (Å²) < 4.78 is 25.4. The van der Waals surface area contributed by atoms with Crippen LogP contribution in [0.15, 0.2) is 6.20 Å². The number of sulfone groups is 1. The van der Waals surface area contributed by atoms with E-state index in [-0.39, 0.29) is 17.5 Å². The first kappa shape index (κ1) is 12.5. The summed E-state index contributed by atoms with van der Waals surface area (Å²) >= 11 is 0. The van der Waals surface area contributed by atoms with Crippen LogP contribution < -0.4 is 0 Å². The van der Waals surface area contributed by atoms with Crippen LogP contribution >= 0.6 is 0 Å². The third kappa shape index (κ3) is 3.80. The van der Waals surface area contributed by atoms with E-state index in [0.717, 1.165) is 6.42 Å². The second-order valence-corrected chi connectivity index (χ2v) is 7.29. The molecule has 1 fully saturated rings. The van der Waals surface area contributed by atoms with E-state index in [4.69, 9.17) is 0 Å². The van der Waals surface area contributed by atoms with Gasteiger partial charge in [0.1, 0.15) is 0 Å². The van der Waals surface area contributed by atoms with Crippen molar-refractivity contribution in [3.8, 4) is 0 Å². The Labute approximate surface area is 102 Å². The highest BCUT2D eigenvalue weighted by Gasteiger charge is 2.24. The van der Waals surface area contributed by atoms with E-state index in [1.807, 2.05) is 13.8 Å². The Balaban J connectivity index is 1.93. The molecular formula is C11H19N3O2S. The van der Waals surface area contributed by atoms with Crippen molar-refractivity contribution in [2.24, 2.45) is 5.92 Å². The minimum absolute atomic E-state index is 0.0203. The van der Waals surface area contributed by atoms with E-state index in [0.29, 0.717) is 11.6 Å². The van der Waals surface area contributed by atoms with Gasteiger partial charge in [-0.05, 0) is 26.2 Å². The Morgan fingerprint density at radius 3 is 2.71 bits per heavy atom. The largest absolute Gasteiger partial charge is 0.250 e. The summed E-state index contributed by atoms with van der Waals surface area (Å²) in [5.41, 5.74) is 0.550. The van der Waals surface area contributed by atoms with Crippen molar-refractivity contribution in [3.05, 3.63) is 11.9 Å². The van der Waals surface area contributed by atoms with Crippen molar-refractivity contribution in [1.29, 1.82) is 0 Å². The van der Waals surface area contributed by atoms with Gasteiger partial charge in [0.25, 0.3) is 0 Å². The SMILES string of the molecule is CC(C)n1cc(CS(=O)(=O)CCC2CC2)nn1. The van der Waals surface area contributed by atoms with Gasteiger partial charge in [-0.1, -0.05) is 18.1 Å². The predicted octanol–water partition coefficient (Wildman–Crippen LogP) is 1.57. The van der Waals surface area contributed by atoms with Gasteiger partial charge >= 0.3 is 0 Å². The molecule has 0 aromatic carbocycles. The van der Waals surface area contributed by atoms with Crippen LogP contribution in [0.1, 0.15) is 44.8 Å². The van der Waals surface area contributed by atoms with Gasteiger partial charge in [0.2, 0.25) is 0 Å². The van der Waals surface area contributed by atoms with Gasteiger partial charge in [0.05, 0.1) is 17.2 Å². The fourth-order valence-electron chi connectivity index (χ4n) is 1.68. The van der Waals surface area contributed by atoms with E-state index in [2.05, 4.69) is 10.3 Å². The van der Waals surface area contributed by atoms with Gasteiger partial charge in [-0.25, -0.2) is 13.1 Å². The molecule has 1 aliphatic carbocycles. The summed E-state index contributed by atoms with van der Waals surface area (Å²) in [6.07, 6.45) is 4.91. The molecule has 1 aromatic heterocycles. The third-order valence-corrected chi connectivity index (χ3v) is 4.58. The average Bonchev–Trinajstić information content (AvgIpc) is 2.95. The van der Waals surface area contributed by atoms with E-state index >= 15 is 0 Å². The molecule has 6 heteroatoms. The molecule has 2 rings (SSSR count). The van der Waals surface area contributed by atoms with Gasteiger partial charge in [0.15, 0.2) is 9.84 Å². The lowest BCUT2D eigenvalue weighted by molar-refractivity contribution is 0.514. The lowest BCUT2D eigenvalue weighted by Crippen LogP contribution is -2.10. The Morgan fingerprint density at radius 1 is 1.47 bits per heavy atom. The molecule has 5 nitrogen and oxygen atoms in total. The Morgan fingerprint density at radius 2 is 2.18 bits per heavy atom. The molecule has 0 saturated heterocycles. The molecule has 1 aromatic rings. The molecule has 0 unspecified atom stereocenters. The smallest absolute Gasteiger partial charge is 0.156 e. The van der Waals surface area contributed by atoms with Gasteiger partial charge in [-0.2, -0.15) is 0 Å². The quantitative estimate of drug-likeness (QED) is 0.776. The molecule has 0 radical (unpaired) electrons. The zero-order chi connectivity index (χ0) is 12.5. The van der Waals surface area contributed by atoms with Gasteiger partial charge in [0, 0.05) is 12.2 Å². The molecule has 1 saturated carbocycles. The maximum Gasteiger partial charge on any atom is 0.156 e. The van der Waals surface area contributed by atoms with E-state index in [9.17, 15) is 8.42 Å². The van der Waals surface area contributed by atoms with Crippen LogP contribution in [0, 0.1) is 5.92 Å². The monoisotopic (exact) mass is 257 g/mol. The van der Waals surface area contributed by atoms with E-state index in [1.165, 1.54) is 12.8 Å². The zero-order valence-electron chi connectivity index (χ0n) is 10.3. The van der Waals surface area contributed by atoms with Crippen molar-refractivity contribution >= 4 is 9.84 Å². The number of hydrogen-bond acceptors (Lipinski definition) is 4. The molecule has 0 aliphatic heterocycles. The second kappa shape index (κ2) is 4.76. The van der Waals surface area contributed by atoms with Crippen LogP contribution in [0.25, 0.3) is 0 Å². The number of aromatic nitrogens is 3. The highest BCUT2D eigenvalue weighted by Crippen LogP contribution is 2.32. The van der Waals surface area contributed by atoms with Crippen molar-refractivity contribution in [2.75, 3.05) is 5.75 Å². The zero-order valence-corrected chi connectivity index (χ0v) is 11.2. The summed E-state index contributed by atoms with van der Waals surface area (Å²) in [6.45, 7) is 3.97. The first-order valence-corrected chi connectivity index (χ1v) is 7.89. The standard InChI is InChI=1S/C11H19N3O2S/c1-9(2)14-7-11(12-13-14)8-17(15,16)6-5-10-3-4-10/h7,9-10H,3-6,8H2,1-2H3. The summed E-state index contributed by atoms with van der Waals surface area (Å²) in [7, 11) is -3.02. The van der Waals surface area contributed by atoms with Gasteiger partial charge < -0.3 is 0 Å². The third-order valence-electron chi connectivity index (χ3n) is 2.99. The predicted molar refractivity (Wildman–Crippen MR) is 65.2 cm³/mol. The molecule has 96 valence electrons. The molecule has 0 bridgehead atoms. The highest BCUT2D eigenvalue weighted by molar-refractivity contribution is 7.90. The number of nitrogens with zero attached hydrogens (tertiary/aromatic N) is 3. The lowest BCUT2D eigenvalue weighted by Gasteiger charge is -2.02. The van der Waals surface area contributed by atoms with Crippen molar-refractivity contribution in [3.63, 3.8) is 0 Å². The topological polar surface area (TPSA) is 64.8 Å². The number of rotatable bonds is 6. The molecular weight excluding hydrogens is 238 g/mol. The molecule has 0 spiro atoms. The van der Waals surface area contributed by atoms with Crippen molar-refractivity contribution < 1.29 is 8.42 Å². The Kier molecular flexibility index (Phi) is 3.51. The molecule has 1 aliphatic rings. The van der Waals surface area contributed by atoms with E-state index < -0.39 is 9.84 Å². The number of hydrogen-bond donors (Lipinski definition) is 0. The molecule has 17 heavy (non-hydrogen) atoms. The Hall–Kier alpha value is -0.910. The molecule has 0 N–H and O–H groups in total. The van der Waals surface area contributed by atoms with Crippen molar-refractivity contribution in [1.82, 2.24) is 15.0 Å². The molecule has 0 atom stereocenters. The van der Waals surface area contributed by atoms with Crippen molar-refractivity contribution in [2.45, 2.75) is 44.9 Å². The van der Waals surface area contributed by atoms with E-state index in [1.54, 1.807) is 10.9 Å². The van der Waals surface area contributed by atoms with Crippen LogP contribution in [-0.2, 0) is 15.6 Å². The maximum atomic E-state index is 11.8. The minimum atomic E-state index is -3.02. The maximum absolute atomic E-state index is 11.8. The second-order valence-electron chi connectivity index (χ2n) is 5.11. The summed E-state index contributed by atoms with van der Waals surface area (Å²) in [6, 6.07) is 0.213. The summed E-state index contributed by atoms with van der Waals surface area (Å²) in [5.74, 6) is 0.953. The lowest BCUT2D eigenvalue weighted by atomic mass is 10.3. The summed E-state index contributed by atoms with van der Waals surface area (Å²) in [4.78, 5) is 0. The van der Waals surface area contributed by atoms with Crippen LogP contribution in [0.5, 0.6) is 0 Å². The summed E-state index contributed by atoms with van der Waals surface area (Å²) in [5, 5.41) is 7.81. The van der Waals surface area contributed by atoms with Gasteiger partial charge in [-0.15, -0.1) is 5.10 Å². The van der Waals surface area contributed by atoms with Gasteiger partial charge in [-0.3, -0.25) is 0 Å². The van der Waals surface area contributed by atoms with Crippen LogP contribution in [0.4, 0.5) is 0 Å². The first-order valence-electron chi connectivity index (χ1n) is 6.07. The van der Waals surface area contributed by atoms with Crippen LogP contribution in [0.3, 0.4) is 0 Å². The Bertz CT molecular complexity index is 475. The molecule has 1 heterocycles. The first-order chi connectivity index (χ1) is 7.96.